The van der Waals surface area contributed by atoms with Crippen molar-refractivity contribution in [2.24, 2.45) is 0 Å². The molecule has 126 valence electrons. The van der Waals surface area contributed by atoms with E-state index in [1.807, 2.05) is 48.2 Å². The van der Waals surface area contributed by atoms with E-state index in [-0.39, 0.29) is 6.03 Å². The summed E-state index contributed by atoms with van der Waals surface area (Å²) < 4.78 is 0. The van der Waals surface area contributed by atoms with Gasteiger partial charge in [0.2, 0.25) is 0 Å². The summed E-state index contributed by atoms with van der Waals surface area (Å²) in [5.74, 6) is 0. The quantitative estimate of drug-likeness (QED) is 0.882. The second kappa shape index (κ2) is 7.69. The van der Waals surface area contributed by atoms with E-state index < -0.39 is 0 Å². The standard InChI is InChI=1S/C19H22ClN3O/c1-15-3-2-4-18(13-15)21-19(24)23-11-9-22(10-12-23)14-16-5-7-17(20)8-6-16/h2-8,13H,9-12,14H2,1H3,(H,21,24)/p+1. The number of anilines is 1. The van der Waals surface area contributed by atoms with Gasteiger partial charge in [0, 0.05) is 16.3 Å². The maximum Gasteiger partial charge on any atom is 0.322 e. The fraction of sp³-hybridized carbons (Fsp3) is 0.316. The van der Waals surface area contributed by atoms with Gasteiger partial charge in [0.05, 0.1) is 26.2 Å². The van der Waals surface area contributed by atoms with Crippen LogP contribution in [-0.2, 0) is 6.54 Å². The normalized spacial score (nSPS) is 15.3. The lowest BCUT2D eigenvalue weighted by molar-refractivity contribution is -0.917. The van der Waals surface area contributed by atoms with Crippen molar-refractivity contribution in [2.75, 3.05) is 31.5 Å². The average Bonchev–Trinajstić information content (AvgIpc) is 2.57. The van der Waals surface area contributed by atoms with Crippen LogP contribution in [0.4, 0.5) is 10.5 Å². The Balaban J connectivity index is 1.49. The number of aryl methyl sites for hydroxylation is 1. The minimum absolute atomic E-state index is 0.00820. The van der Waals surface area contributed by atoms with Crippen molar-refractivity contribution in [1.82, 2.24) is 4.90 Å². The van der Waals surface area contributed by atoms with Crippen LogP contribution in [0.5, 0.6) is 0 Å². The summed E-state index contributed by atoms with van der Waals surface area (Å²) in [6, 6.07) is 15.9. The maximum atomic E-state index is 12.4. The number of amides is 2. The molecule has 2 aromatic carbocycles. The molecule has 24 heavy (non-hydrogen) atoms. The van der Waals surface area contributed by atoms with E-state index >= 15 is 0 Å². The van der Waals surface area contributed by atoms with E-state index in [9.17, 15) is 4.79 Å². The van der Waals surface area contributed by atoms with Crippen molar-refractivity contribution in [3.63, 3.8) is 0 Å². The number of quaternary nitrogens is 1. The number of carbonyl (C=O) groups is 1. The van der Waals surface area contributed by atoms with Gasteiger partial charge in [-0.05, 0) is 36.8 Å². The van der Waals surface area contributed by atoms with E-state index in [0.29, 0.717) is 0 Å². The lowest BCUT2D eigenvalue weighted by Crippen LogP contribution is -3.13. The van der Waals surface area contributed by atoms with Gasteiger partial charge in [0.1, 0.15) is 6.54 Å². The molecule has 0 radical (unpaired) electrons. The summed E-state index contributed by atoms with van der Waals surface area (Å²) in [6.45, 7) is 6.48. The number of halogens is 1. The van der Waals surface area contributed by atoms with Gasteiger partial charge in [-0.2, -0.15) is 0 Å². The molecule has 0 bridgehead atoms. The van der Waals surface area contributed by atoms with Gasteiger partial charge >= 0.3 is 6.03 Å². The van der Waals surface area contributed by atoms with Crippen molar-refractivity contribution in [1.29, 1.82) is 0 Å². The van der Waals surface area contributed by atoms with Crippen molar-refractivity contribution < 1.29 is 9.69 Å². The van der Waals surface area contributed by atoms with E-state index in [2.05, 4.69) is 17.4 Å². The number of nitrogens with one attached hydrogen (secondary N) is 2. The van der Waals surface area contributed by atoms with Crippen LogP contribution in [0.25, 0.3) is 0 Å². The molecule has 3 rings (SSSR count). The molecule has 1 heterocycles. The van der Waals surface area contributed by atoms with Crippen LogP contribution in [-0.4, -0.2) is 37.1 Å². The SMILES string of the molecule is Cc1cccc(NC(=O)N2CC[NH+](Cc3ccc(Cl)cc3)CC2)c1. The van der Waals surface area contributed by atoms with Crippen LogP contribution in [0.3, 0.4) is 0 Å². The molecule has 0 unspecified atom stereocenters. The summed E-state index contributed by atoms with van der Waals surface area (Å²) in [4.78, 5) is 15.8. The molecule has 0 atom stereocenters. The Morgan fingerprint density at radius 1 is 1.17 bits per heavy atom. The second-order valence-corrected chi connectivity index (χ2v) is 6.78. The van der Waals surface area contributed by atoms with Gasteiger partial charge in [-0.3, -0.25) is 0 Å². The van der Waals surface area contributed by atoms with E-state index in [1.165, 1.54) is 10.5 Å². The minimum atomic E-state index is -0.00820. The van der Waals surface area contributed by atoms with E-state index in [1.54, 1.807) is 0 Å². The van der Waals surface area contributed by atoms with Crippen molar-refractivity contribution in [2.45, 2.75) is 13.5 Å². The molecule has 0 spiro atoms. The van der Waals surface area contributed by atoms with E-state index in [4.69, 9.17) is 11.6 Å². The Bertz CT molecular complexity index is 694. The van der Waals surface area contributed by atoms with Crippen LogP contribution in [0.15, 0.2) is 48.5 Å². The first kappa shape index (κ1) is 16.8. The first-order valence-corrected chi connectivity index (χ1v) is 8.68. The van der Waals surface area contributed by atoms with E-state index in [0.717, 1.165) is 49.0 Å². The summed E-state index contributed by atoms with van der Waals surface area (Å²) >= 11 is 5.93. The number of rotatable bonds is 3. The molecule has 2 N–H and O–H groups in total. The number of benzene rings is 2. The van der Waals surface area contributed by atoms with Gasteiger partial charge in [-0.25, -0.2) is 4.79 Å². The smallest absolute Gasteiger partial charge is 0.322 e. The molecule has 2 aromatic rings. The number of hydrogen-bond donors (Lipinski definition) is 2. The zero-order valence-electron chi connectivity index (χ0n) is 13.9. The topological polar surface area (TPSA) is 36.8 Å². The summed E-state index contributed by atoms with van der Waals surface area (Å²) in [5.41, 5.74) is 3.29. The zero-order chi connectivity index (χ0) is 16.9. The third-order valence-electron chi connectivity index (χ3n) is 4.39. The highest BCUT2D eigenvalue weighted by Gasteiger charge is 2.23. The van der Waals surface area contributed by atoms with Crippen LogP contribution in [0.2, 0.25) is 5.02 Å². The molecular formula is C19H23ClN3O+. The lowest BCUT2D eigenvalue weighted by atomic mass is 10.2. The summed E-state index contributed by atoms with van der Waals surface area (Å²) in [7, 11) is 0. The average molecular weight is 345 g/mol. The highest BCUT2D eigenvalue weighted by Crippen LogP contribution is 2.11. The van der Waals surface area contributed by atoms with Crippen LogP contribution in [0.1, 0.15) is 11.1 Å². The van der Waals surface area contributed by atoms with Crippen LogP contribution < -0.4 is 10.2 Å². The molecule has 4 nitrogen and oxygen atoms in total. The largest absolute Gasteiger partial charge is 0.328 e. The Morgan fingerprint density at radius 2 is 1.88 bits per heavy atom. The molecule has 0 saturated carbocycles. The Kier molecular flexibility index (Phi) is 5.38. The van der Waals surface area contributed by atoms with Crippen LogP contribution in [0, 0.1) is 6.92 Å². The minimum Gasteiger partial charge on any atom is -0.328 e. The number of urea groups is 1. The molecule has 1 aliphatic heterocycles. The van der Waals surface area contributed by atoms with Gasteiger partial charge in [0.15, 0.2) is 0 Å². The highest BCUT2D eigenvalue weighted by molar-refractivity contribution is 6.30. The molecule has 1 aliphatic rings. The molecule has 2 amide bonds. The zero-order valence-corrected chi connectivity index (χ0v) is 14.6. The number of piperazine rings is 1. The van der Waals surface area contributed by atoms with Gasteiger partial charge in [0.25, 0.3) is 0 Å². The van der Waals surface area contributed by atoms with Crippen LogP contribution >= 0.6 is 11.6 Å². The first-order valence-electron chi connectivity index (χ1n) is 8.31. The monoisotopic (exact) mass is 344 g/mol. The third kappa shape index (κ3) is 4.49. The highest BCUT2D eigenvalue weighted by atomic mass is 35.5. The van der Waals surface area contributed by atoms with Crippen molar-refractivity contribution in [3.8, 4) is 0 Å². The number of carbonyl (C=O) groups excluding carboxylic acids is 1. The summed E-state index contributed by atoms with van der Waals surface area (Å²) in [6.07, 6.45) is 0. The van der Waals surface area contributed by atoms with Gasteiger partial charge in [-0.1, -0.05) is 35.9 Å². The molecular weight excluding hydrogens is 322 g/mol. The molecule has 0 aromatic heterocycles. The lowest BCUT2D eigenvalue weighted by Gasteiger charge is -2.32. The predicted molar refractivity (Wildman–Crippen MR) is 97.6 cm³/mol. The molecule has 5 heteroatoms. The Morgan fingerprint density at radius 3 is 2.54 bits per heavy atom. The molecule has 0 aliphatic carbocycles. The Hall–Kier alpha value is -2.04. The third-order valence-corrected chi connectivity index (χ3v) is 4.65. The maximum absolute atomic E-state index is 12.4. The molecule has 1 saturated heterocycles. The van der Waals surface area contributed by atoms with Crippen molar-refractivity contribution in [3.05, 3.63) is 64.7 Å². The Labute approximate surface area is 148 Å². The number of hydrogen-bond acceptors (Lipinski definition) is 1. The second-order valence-electron chi connectivity index (χ2n) is 6.34. The predicted octanol–water partition coefficient (Wildman–Crippen LogP) is 2.58. The number of nitrogens with zero attached hydrogens (tertiary/aromatic N) is 1. The van der Waals surface area contributed by atoms with Gasteiger partial charge in [-0.15, -0.1) is 0 Å². The van der Waals surface area contributed by atoms with Crippen molar-refractivity contribution >= 4 is 23.3 Å². The fourth-order valence-electron chi connectivity index (χ4n) is 3.02. The summed E-state index contributed by atoms with van der Waals surface area (Å²) in [5, 5.41) is 3.76. The van der Waals surface area contributed by atoms with Gasteiger partial charge < -0.3 is 15.1 Å². The first-order chi connectivity index (χ1) is 11.6. The molecule has 1 fully saturated rings. The fourth-order valence-corrected chi connectivity index (χ4v) is 3.15.